The highest BCUT2D eigenvalue weighted by Crippen LogP contribution is 2.39. The molecule has 1 amide bonds. The van der Waals surface area contributed by atoms with Crippen LogP contribution in [0.15, 0.2) is 12.1 Å². The number of nitrogens with one attached hydrogen (secondary N) is 1. The highest BCUT2D eigenvalue weighted by molar-refractivity contribution is 5.98. The van der Waals surface area contributed by atoms with Crippen molar-refractivity contribution in [3.05, 3.63) is 17.7 Å². The van der Waals surface area contributed by atoms with Crippen LogP contribution in [0.4, 0.5) is 0 Å². The molecule has 1 rings (SSSR count). The van der Waals surface area contributed by atoms with Crippen molar-refractivity contribution >= 4 is 5.91 Å². The standard InChI is InChI=1S/C15H19NO4/c1-6-7-10(2)16-15(17)11-8-9-12(18-3)14(20-5)13(11)19-4/h1,8-10H,7H2,2-5H3,(H,16,17). The van der Waals surface area contributed by atoms with E-state index in [2.05, 4.69) is 11.2 Å². The lowest BCUT2D eigenvalue weighted by Crippen LogP contribution is -2.32. The Morgan fingerprint density at radius 3 is 2.40 bits per heavy atom. The molecule has 5 heteroatoms. The van der Waals surface area contributed by atoms with Gasteiger partial charge >= 0.3 is 0 Å². The van der Waals surface area contributed by atoms with Gasteiger partial charge in [-0.15, -0.1) is 12.3 Å². The van der Waals surface area contributed by atoms with Gasteiger partial charge in [0.05, 0.1) is 26.9 Å². The van der Waals surface area contributed by atoms with Gasteiger partial charge in [0.15, 0.2) is 11.5 Å². The summed E-state index contributed by atoms with van der Waals surface area (Å²) in [7, 11) is 4.48. The van der Waals surface area contributed by atoms with Gasteiger partial charge in [0.25, 0.3) is 5.91 Å². The second-order valence-corrected chi connectivity index (χ2v) is 4.16. The maximum atomic E-state index is 12.2. The van der Waals surface area contributed by atoms with E-state index in [-0.39, 0.29) is 11.9 Å². The van der Waals surface area contributed by atoms with E-state index in [0.717, 1.165) is 0 Å². The highest BCUT2D eigenvalue weighted by Gasteiger charge is 2.21. The van der Waals surface area contributed by atoms with Crippen LogP contribution in [0.2, 0.25) is 0 Å². The predicted octanol–water partition coefficient (Wildman–Crippen LogP) is 1.85. The van der Waals surface area contributed by atoms with Gasteiger partial charge in [0.1, 0.15) is 0 Å². The van der Waals surface area contributed by atoms with E-state index in [9.17, 15) is 4.79 Å². The third-order valence-corrected chi connectivity index (χ3v) is 2.75. The zero-order chi connectivity index (χ0) is 15.1. The maximum absolute atomic E-state index is 12.2. The Labute approximate surface area is 119 Å². The van der Waals surface area contributed by atoms with Gasteiger partial charge in [-0.3, -0.25) is 4.79 Å². The van der Waals surface area contributed by atoms with Crippen LogP contribution < -0.4 is 19.5 Å². The number of benzene rings is 1. The lowest BCUT2D eigenvalue weighted by Gasteiger charge is -2.17. The molecule has 1 aromatic rings. The molecule has 0 heterocycles. The average Bonchev–Trinajstić information content (AvgIpc) is 2.45. The fourth-order valence-corrected chi connectivity index (χ4v) is 1.81. The van der Waals surface area contributed by atoms with Crippen LogP contribution in [-0.2, 0) is 0 Å². The van der Waals surface area contributed by atoms with E-state index in [4.69, 9.17) is 20.6 Å². The normalized spacial score (nSPS) is 11.2. The number of hydrogen-bond acceptors (Lipinski definition) is 4. The molecule has 0 saturated carbocycles. The minimum absolute atomic E-state index is 0.120. The smallest absolute Gasteiger partial charge is 0.255 e. The summed E-state index contributed by atoms with van der Waals surface area (Å²) in [4.78, 5) is 12.2. The molecule has 0 radical (unpaired) electrons. The SMILES string of the molecule is C#CCC(C)NC(=O)c1ccc(OC)c(OC)c1OC. The summed E-state index contributed by atoms with van der Waals surface area (Å²) in [5.41, 5.74) is 0.369. The molecule has 1 atom stereocenters. The number of methoxy groups -OCH3 is 3. The summed E-state index contributed by atoms with van der Waals surface area (Å²) in [5, 5.41) is 2.80. The minimum Gasteiger partial charge on any atom is -0.493 e. The van der Waals surface area contributed by atoms with Crippen molar-refractivity contribution in [2.75, 3.05) is 21.3 Å². The number of ether oxygens (including phenoxy) is 3. The average molecular weight is 277 g/mol. The van der Waals surface area contributed by atoms with Crippen molar-refractivity contribution in [1.82, 2.24) is 5.32 Å². The van der Waals surface area contributed by atoms with Gasteiger partial charge in [-0.1, -0.05) is 0 Å². The zero-order valence-electron chi connectivity index (χ0n) is 12.1. The van der Waals surface area contributed by atoms with Gasteiger partial charge in [0.2, 0.25) is 5.75 Å². The van der Waals surface area contributed by atoms with Crippen LogP contribution >= 0.6 is 0 Å². The Morgan fingerprint density at radius 2 is 1.90 bits per heavy atom. The maximum Gasteiger partial charge on any atom is 0.255 e. The molecule has 0 bridgehead atoms. The summed E-state index contributed by atoms with van der Waals surface area (Å²) in [5.74, 6) is 3.44. The molecule has 0 spiro atoms. The van der Waals surface area contributed by atoms with Crippen LogP contribution in [0, 0.1) is 12.3 Å². The number of amides is 1. The molecular weight excluding hydrogens is 258 g/mol. The lowest BCUT2D eigenvalue weighted by molar-refractivity contribution is 0.0937. The van der Waals surface area contributed by atoms with Crippen molar-refractivity contribution in [1.29, 1.82) is 0 Å². The second-order valence-electron chi connectivity index (χ2n) is 4.16. The van der Waals surface area contributed by atoms with Gasteiger partial charge in [-0.2, -0.15) is 0 Å². The fourth-order valence-electron chi connectivity index (χ4n) is 1.81. The molecule has 108 valence electrons. The quantitative estimate of drug-likeness (QED) is 0.806. The van der Waals surface area contributed by atoms with Gasteiger partial charge in [-0.25, -0.2) is 0 Å². The number of carbonyl (C=O) groups excluding carboxylic acids is 1. The Morgan fingerprint density at radius 1 is 1.25 bits per heavy atom. The fraction of sp³-hybridized carbons (Fsp3) is 0.400. The molecule has 20 heavy (non-hydrogen) atoms. The van der Waals surface area contributed by atoms with E-state index in [1.807, 2.05) is 6.92 Å². The summed E-state index contributed by atoms with van der Waals surface area (Å²) < 4.78 is 15.7. The van der Waals surface area contributed by atoms with E-state index in [1.54, 1.807) is 12.1 Å². The van der Waals surface area contributed by atoms with Crippen LogP contribution in [-0.4, -0.2) is 33.3 Å². The number of terminal acetylenes is 1. The van der Waals surface area contributed by atoms with Crippen molar-refractivity contribution in [3.8, 4) is 29.6 Å². The first-order valence-electron chi connectivity index (χ1n) is 6.12. The molecule has 1 aromatic carbocycles. The Kier molecular flexibility index (Phi) is 5.73. The van der Waals surface area contributed by atoms with Crippen LogP contribution in [0.5, 0.6) is 17.2 Å². The van der Waals surface area contributed by atoms with Gasteiger partial charge < -0.3 is 19.5 Å². The molecule has 0 saturated heterocycles. The number of hydrogen-bond donors (Lipinski definition) is 1. The zero-order valence-corrected chi connectivity index (χ0v) is 12.1. The molecule has 0 aliphatic rings. The minimum atomic E-state index is -0.273. The molecule has 0 aliphatic heterocycles. The topological polar surface area (TPSA) is 56.8 Å². The molecule has 1 unspecified atom stereocenters. The Balaban J connectivity index is 3.12. The van der Waals surface area contributed by atoms with Gasteiger partial charge in [-0.05, 0) is 19.1 Å². The molecule has 0 fully saturated rings. The largest absolute Gasteiger partial charge is 0.493 e. The Bertz CT molecular complexity index is 519. The summed E-state index contributed by atoms with van der Waals surface area (Å²) in [6, 6.07) is 3.16. The number of rotatable bonds is 6. The predicted molar refractivity (Wildman–Crippen MR) is 76.5 cm³/mol. The summed E-state index contributed by atoms with van der Waals surface area (Å²) in [6.45, 7) is 1.84. The van der Waals surface area contributed by atoms with Crippen LogP contribution in [0.1, 0.15) is 23.7 Å². The molecule has 5 nitrogen and oxygen atoms in total. The molecule has 0 aromatic heterocycles. The van der Waals surface area contributed by atoms with Crippen LogP contribution in [0.25, 0.3) is 0 Å². The number of carbonyl (C=O) groups is 1. The van der Waals surface area contributed by atoms with E-state index < -0.39 is 0 Å². The van der Waals surface area contributed by atoms with E-state index >= 15 is 0 Å². The summed E-state index contributed by atoms with van der Waals surface area (Å²) >= 11 is 0. The first kappa shape index (κ1) is 15.7. The van der Waals surface area contributed by atoms with Crippen molar-refractivity contribution in [2.45, 2.75) is 19.4 Å². The third kappa shape index (κ3) is 3.35. The van der Waals surface area contributed by atoms with E-state index in [1.165, 1.54) is 21.3 Å². The summed E-state index contributed by atoms with van der Waals surface area (Å²) in [6.07, 6.45) is 5.68. The first-order valence-corrected chi connectivity index (χ1v) is 6.12. The molecular formula is C15H19NO4. The Hall–Kier alpha value is -2.35. The lowest BCUT2D eigenvalue weighted by atomic mass is 10.1. The van der Waals surface area contributed by atoms with Crippen molar-refractivity contribution in [2.24, 2.45) is 0 Å². The van der Waals surface area contributed by atoms with Crippen molar-refractivity contribution in [3.63, 3.8) is 0 Å². The van der Waals surface area contributed by atoms with E-state index in [0.29, 0.717) is 29.2 Å². The van der Waals surface area contributed by atoms with Gasteiger partial charge in [0, 0.05) is 12.5 Å². The first-order chi connectivity index (χ1) is 9.58. The molecule has 0 aliphatic carbocycles. The second kappa shape index (κ2) is 7.29. The third-order valence-electron chi connectivity index (χ3n) is 2.75. The van der Waals surface area contributed by atoms with Crippen LogP contribution in [0.3, 0.4) is 0 Å². The highest BCUT2D eigenvalue weighted by atomic mass is 16.5. The monoisotopic (exact) mass is 277 g/mol. The molecule has 1 N–H and O–H groups in total. The van der Waals surface area contributed by atoms with Crippen molar-refractivity contribution < 1.29 is 19.0 Å².